The van der Waals surface area contributed by atoms with Crippen LogP contribution in [0.5, 0.6) is 0 Å². The van der Waals surface area contributed by atoms with Gasteiger partial charge in [0.2, 0.25) is 0 Å². The fourth-order valence-corrected chi connectivity index (χ4v) is 1.63. The van der Waals surface area contributed by atoms with Crippen LogP contribution < -0.4 is 21.5 Å². The zero-order valence-corrected chi connectivity index (χ0v) is 11.1. The Labute approximate surface area is 114 Å². The molecule has 0 fully saturated rings. The molecule has 1 amide bonds. The Bertz CT molecular complexity index is 700. The number of amides is 1. The largest absolute Gasteiger partial charge is 0.378 e. The van der Waals surface area contributed by atoms with Crippen molar-refractivity contribution in [2.75, 3.05) is 24.3 Å². The van der Waals surface area contributed by atoms with Gasteiger partial charge in [0.05, 0.1) is 0 Å². The number of carbonyl (C=O) groups excluding carboxylic acids is 1. The molecule has 1 heterocycles. The van der Waals surface area contributed by atoms with Gasteiger partial charge in [0.25, 0.3) is 11.5 Å². The highest BCUT2D eigenvalue weighted by atomic mass is 16.2. The zero-order chi connectivity index (χ0) is 14.7. The summed E-state index contributed by atoms with van der Waals surface area (Å²) in [5.41, 5.74) is 0.136. The number of anilines is 2. The number of H-pyrrole nitrogens is 2. The van der Waals surface area contributed by atoms with Crippen LogP contribution in [-0.2, 0) is 0 Å². The summed E-state index contributed by atoms with van der Waals surface area (Å²) in [5.74, 6) is -0.550. The molecule has 3 N–H and O–H groups in total. The fraction of sp³-hybridized carbons (Fsp3) is 0.154. The second kappa shape index (κ2) is 5.43. The van der Waals surface area contributed by atoms with E-state index < -0.39 is 17.2 Å². The minimum Gasteiger partial charge on any atom is -0.378 e. The normalized spacial score (nSPS) is 10.1. The van der Waals surface area contributed by atoms with Gasteiger partial charge in [0, 0.05) is 31.5 Å². The number of rotatable bonds is 3. The number of hydrogen-bond donors (Lipinski definition) is 3. The summed E-state index contributed by atoms with van der Waals surface area (Å²) in [6, 6.07) is 8.19. The summed E-state index contributed by atoms with van der Waals surface area (Å²) in [6.45, 7) is 0. The van der Waals surface area contributed by atoms with Crippen LogP contribution in [0.25, 0.3) is 0 Å². The smallest absolute Gasteiger partial charge is 0.326 e. The van der Waals surface area contributed by atoms with Gasteiger partial charge in [-0.2, -0.15) is 0 Å². The van der Waals surface area contributed by atoms with E-state index in [1.165, 1.54) is 0 Å². The zero-order valence-electron chi connectivity index (χ0n) is 11.1. The van der Waals surface area contributed by atoms with Crippen molar-refractivity contribution in [3.8, 4) is 0 Å². The lowest BCUT2D eigenvalue weighted by Crippen LogP contribution is -2.27. The quantitative estimate of drug-likeness (QED) is 0.753. The molecule has 0 saturated carbocycles. The Kier molecular flexibility index (Phi) is 3.69. The van der Waals surface area contributed by atoms with E-state index in [-0.39, 0.29) is 5.69 Å². The second-order valence-electron chi connectivity index (χ2n) is 4.40. The molecule has 0 atom stereocenters. The average molecular weight is 274 g/mol. The first-order valence-corrected chi connectivity index (χ1v) is 5.88. The first-order chi connectivity index (χ1) is 9.45. The van der Waals surface area contributed by atoms with Crippen LogP contribution in [0.15, 0.2) is 39.9 Å². The fourth-order valence-electron chi connectivity index (χ4n) is 1.63. The second-order valence-corrected chi connectivity index (χ2v) is 4.40. The van der Waals surface area contributed by atoms with Crippen LogP contribution in [-0.4, -0.2) is 30.0 Å². The molecule has 0 aliphatic rings. The number of benzene rings is 1. The molecule has 104 valence electrons. The predicted octanol–water partition coefficient (Wildman–Crippen LogP) is 0.381. The van der Waals surface area contributed by atoms with Gasteiger partial charge in [-0.1, -0.05) is 0 Å². The van der Waals surface area contributed by atoms with Crippen molar-refractivity contribution in [1.29, 1.82) is 0 Å². The molecule has 7 heteroatoms. The average Bonchev–Trinajstić information content (AvgIpc) is 2.38. The highest BCUT2D eigenvalue weighted by Crippen LogP contribution is 2.15. The summed E-state index contributed by atoms with van der Waals surface area (Å²) >= 11 is 0. The van der Waals surface area contributed by atoms with Crippen LogP contribution in [0.3, 0.4) is 0 Å². The third-order valence-electron chi connectivity index (χ3n) is 2.65. The summed E-state index contributed by atoms with van der Waals surface area (Å²) in [7, 11) is 3.82. The first kappa shape index (κ1) is 13.6. The Balaban J connectivity index is 2.19. The van der Waals surface area contributed by atoms with Gasteiger partial charge >= 0.3 is 5.69 Å². The van der Waals surface area contributed by atoms with E-state index in [1.807, 2.05) is 36.1 Å². The summed E-state index contributed by atoms with van der Waals surface area (Å²) in [4.78, 5) is 40.3. The van der Waals surface area contributed by atoms with Crippen molar-refractivity contribution in [3.05, 3.63) is 56.9 Å². The topological polar surface area (TPSA) is 98.1 Å². The van der Waals surface area contributed by atoms with Gasteiger partial charge in [-0.3, -0.25) is 14.6 Å². The number of carbonyl (C=O) groups is 1. The van der Waals surface area contributed by atoms with Gasteiger partial charge in [0.1, 0.15) is 5.69 Å². The highest BCUT2D eigenvalue weighted by molar-refractivity contribution is 6.02. The lowest BCUT2D eigenvalue weighted by Gasteiger charge is -2.12. The van der Waals surface area contributed by atoms with Crippen molar-refractivity contribution in [2.45, 2.75) is 0 Å². The summed E-state index contributed by atoms with van der Waals surface area (Å²) < 4.78 is 0. The maximum absolute atomic E-state index is 11.9. The number of nitrogens with zero attached hydrogens (tertiary/aromatic N) is 1. The molecule has 20 heavy (non-hydrogen) atoms. The van der Waals surface area contributed by atoms with Gasteiger partial charge in [-0.05, 0) is 24.3 Å². The minimum absolute atomic E-state index is 0.0876. The molecule has 0 aliphatic carbocycles. The molecule has 0 saturated heterocycles. The van der Waals surface area contributed by atoms with Crippen LogP contribution in [0.2, 0.25) is 0 Å². The SMILES string of the molecule is CN(C)c1ccc(NC(=O)c2cc(=O)[nH]c(=O)[nH]2)cc1. The number of nitrogens with one attached hydrogen (secondary N) is 3. The van der Waals surface area contributed by atoms with Crippen molar-refractivity contribution in [2.24, 2.45) is 0 Å². The lowest BCUT2D eigenvalue weighted by molar-refractivity contribution is 0.102. The van der Waals surface area contributed by atoms with Crippen molar-refractivity contribution < 1.29 is 4.79 Å². The molecule has 1 aromatic heterocycles. The maximum atomic E-state index is 11.9. The molecular formula is C13H14N4O3. The maximum Gasteiger partial charge on any atom is 0.326 e. The van der Waals surface area contributed by atoms with Gasteiger partial charge in [-0.25, -0.2) is 4.79 Å². The number of hydrogen-bond acceptors (Lipinski definition) is 4. The van der Waals surface area contributed by atoms with Gasteiger partial charge in [-0.15, -0.1) is 0 Å². The van der Waals surface area contributed by atoms with Crippen LogP contribution >= 0.6 is 0 Å². The molecule has 2 aromatic rings. The van der Waals surface area contributed by atoms with Crippen LogP contribution in [0.1, 0.15) is 10.5 Å². The third kappa shape index (κ3) is 3.14. The molecule has 0 spiro atoms. The van der Waals surface area contributed by atoms with E-state index >= 15 is 0 Å². The lowest BCUT2D eigenvalue weighted by atomic mass is 10.2. The molecular weight excluding hydrogens is 260 g/mol. The van der Waals surface area contributed by atoms with Crippen molar-refractivity contribution in [1.82, 2.24) is 9.97 Å². The molecule has 2 rings (SSSR count). The van der Waals surface area contributed by atoms with E-state index in [4.69, 9.17) is 0 Å². The van der Waals surface area contributed by atoms with Crippen molar-refractivity contribution in [3.63, 3.8) is 0 Å². The van der Waals surface area contributed by atoms with Crippen LogP contribution in [0, 0.1) is 0 Å². The standard InChI is InChI=1S/C13H14N4O3/c1-17(2)9-5-3-8(4-6-9)14-12(19)10-7-11(18)16-13(20)15-10/h3-7H,1-2H3,(H,14,19)(H2,15,16,18,20). The number of aromatic amines is 2. The Morgan fingerprint density at radius 1 is 1.10 bits per heavy atom. The van der Waals surface area contributed by atoms with E-state index in [0.29, 0.717) is 5.69 Å². The monoisotopic (exact) mass is 274 g/mol. The summed E-state index contributed by atoms with van der Waals surface area (Å²) in [6.07, 6.45) is 0. The van der Waals surface area contributed by atoms with Gasteiger partial charge in [0.15, 0.2) is 0 Å². The minimum atomic E-state index is -0.717. The molecule has 0 bridgehead atoms. The van der Waals surface area contributed by atoms with E-state index in [9.17, 15) is 14.4 Å². The van der Waals surface area contributed by atoms with E-state index in [0.717, 1.165) is 11.8 Å². The van der Waals surface area contributed by atoms with Crippen LogP contribution in [0.4, 0.5) is 11.4 Å². The molecule has 0 unspecified atom stereocenters. The Morgan fingerprint density at radius 2 is 1.75 bits per heavy atom. The van der Waals surface area contributed by atoms with E-state index in [1.54, 1.807) is 12.1 Å². The molecule has 0 radical (unpaired) electrons. The molecule has 7 nitrogen and oxygen atoms in total. The van der Waals surface area contributed by atoms with E-state index in [2.05, 4.69) is 10.3 Å². The van der Waals surface area contributed by atoms with Gasteiger partial charge < -0.3 is 15.2 Å². The predicted molar refractivity (Wildman–Crippen MR) is 76.4 cm³/mol. The third-order valence-corrected chi connectivity index (χ3v) is 2.65. The van der Waals surface area contributed by atoms with Crippen molar-refractivity contribution >= 4 is 17.3 Å². The summed E-state index contributed by atoms with van der Waals surface area (Å²) in [5, 5.41) is 2.60. The first-order valence-electron chi connectivity index (χ1n) is 5.88. The molecule has 1 aromatic carbocycles. The Morgan fingerprint density at radius 3 is 2.30 bits per heavy atom. The number of aromatic nitrogens is 2. The molecule has 0 aliphatic heterocycles. The Hall–Kier alpha value is -2.83. The highest BCUT2D eigenvalue weighted by Gasteiger charge is 2.08.